The summed E-state index contributed by atoms with van der Waals surface area (Å²) in [5.74, 6) is -1.94. The number of ether oxygens (including phenoxy) is 2. The highest BCUT2D eigenvalue weighted by molar-refractivity contribution is 6.00. The molecule has 2 aliphatic heterocycles. The summed E-state index contributed by atoms with van der Waals surface area (Å²) >= 11 is 0. The number of nitrogens with zero attached hydrogens (tertiary/aromatic N) is 3. The second kappa shape index (κ2) is 11.8. The minimum Gasteiger partial charge on any atom is -0.489 e. The van der Waals surface area contributed by atoms with Crippen molar-refractivity contribution < 1.29 is 46.5 Å². The first-order valence-electron chi connectivity index (χ1n) is 15.7. The molecule has 2 atom stereocenters. The van der Waals surface area contributed by atoms with E-state index in [1.54, 1.807) is 18.3 Å². The van der Waals surface area contributed by atoms with Crippen molar-refractivity contribution in [3.63, 3.8) is 0 Å². The summed E-state index contributed by atoms with van der Waals surface area (Å²) in [6.07, 6.45) is -2.08. The second-order valence-corrected chi connectivity index (χ2v) is 12.8. The fourth-order valence-electron chi connectivity index (χ4n) is 6.12. The number of benzene rings is 2. The van der Waals surface area contributed by atoms with Gasteiger partial charge in [-0.25, -0.2) is 9.37 Å². The van der Waals surface area contributed by atoms with E-state index in [0.717, 1.165) is 31.0 Å². The Morgan fingerprint density at radius 3 is 2.57 bits per heavy atom. The third-order valence-electron chi connectivity index (χ3n) is 9.12. The molecule has 7 rings (SSSR count). The number of carbonyl (C=O) groups excluding carboxylic acids is 3. The number of carbonyl (C=O) groups is 3. The van der Waals surface area contributed by atoms with Crippen molar-refractivity contribution >= 4 is 28.5 Å². The molecule has 3 aliphatic rings. The number of pyridine rings is 2. The number of fused-ring (bicyclic) bond motifs is 2. The van der Waals surface area contributed by atoms with Crippen LogP contribution < -0.4 is 14.8 Å². The Morgan fingerprint density at radius 2 is 1.90 bits per heavy atom. The summed E-state index contributed by atoms with van der Waals surface area (Å²) in [4.78, 5) is 49.0. The van der Waals surface area contributed by atoms with Crippen LogP contribution in [0.2, 0.25) is 0 Å². The highest BCUT2D eigenvalue weighted by Gasteiger charge is 2.58. The van der Waals surface area contributed by atoms with Gasteiger partial charge >= 0.3 is 6.18 Å². The molecule has 1 saturated heterocycles. The molecule has 2 N–H and O–H groups in total. The van der Waals surface area contributed by atoms with Crippen LogP contribution in [0.4, 0.5) is 17.6 Å². The fourth-order valence-corrected chi connectivity index (χ4v) is 6.12. The maximum Gasteiger partial charge on any atom is 0.424 e. The minimum absolute atomic E-state index is 0.000860. The standard InChI is InChI=1S/C35H30F4N4O6/c1-33(32(46)43-12-10-23(44)16-43)18-48-30-25(33)15-27(42-29(30)19-4-6-22(36)7-5-19)34(47,35(37,38)39)17-41-31(45)21-13-20-3-2-11-40-28(20)26(14-21)49-24-8-9-24/h2-7,11,13-15,24,47H,8-10,12,16-18H2,1H3,(H,41,45)/t33-,34+/m0/s1. The molecule has 2 aromatic carbocycles. The molecular weight excluding hydrogens is 648 g/mol. The predicted molar refractivity (Wildman–Crippen MR) is 166 cm³/mol. The highest BCUT2D eigenvalue weighted by atomic mass is 19.4. The lowest BCUT2D eigenvalue weighted by atomic mass is 9.81. The van der Waals surface area contributed by atoms with Crippen LogP contribution in [0.15, 0.2) is 60.8 Å². The lowest BCUT2D eigenvalue weighted by molar-refractivity contribution is -0.265. The summed E-state index contributed by atoms with van der Waals surface area (Å²) in [5.41, 5.74) is -5.76. The number of alkyl halides is 3. The zero-order valence-corrected chi connectivity index (χ0v) is 26.1. The Bertz CT molecular complexity index is 2000. The van der Waals surface area contributed by atoms with Crippen LogP contribution >= 0.6 is 0 Å². The van der Waals surface area contributed by atoms with Gasteiger partial charge in [0, 0.05) is 41.2 Å². The predicted octanol–water partition coefficient (Wildman–Crippen LogP) is 4.61. The Labute approximate surface area is 277 Å². The molecule has 4 heterocycles. The summed E-state index contributed by atoms with van der Waals surface area (Å²) in [5, 5.41) is 14.2. The number of hydrogen-bond acceptors (Lipinski definition) is 8. The Balaban J connectivity index is 1.28. The van der Waals surface area contributed by atoms with Gasteiger partial charge < -0.3 is 24.8 Å². The molecule has 1 saturated carbocycles. The van der Waals surface area contributed by atoms with E-state index in [9.17, 15) is 37.1 Å². The van der Waals surface area contributed by atoms with Crippen LogP contribution in [0.5, 0.6) is 11.5 Å². The Morgan fingerprint density at radius 1 is 1.14 bits per heavy atom. The number of rotatable bonds is 8. The summed E-state index contributed by atoms with van der Waals surface area (Å²) in [6.45, 7) is -0.160. The SMILES string of the molecule is C[C@]1(C(=O)N2CCC(=O)C2)COc2c1cc([C@](O)(CNC(=O)c1cc(OC3CC3)c3ncccc3c1)C(F)(F)F)nc2-c1ccc(F)cc1. The van der Waals surface area contributed by atoms with Crippen molar-refractivity contribution in [2.24, 2.45) is 0 Å². The summed E-state index contributed by atoms with van der Waals surface area (Å²) in [7, 11) is 0. The van der Waals surface area contributed by atoms with Crippen molar-refractivity contribution in [3.8, 4) is 22.8 Å². The molecule has 49 heavy (non-hydrogen) atoms. The van der Waals surface area contributed by atoms with Gasteiger partial charge in [-0.1, -0.05) is 6.07 Å². The molecule has 0 spiro atoms. The molecule has 4 aromatic rings. The van der Waals surface area contributed by atoms with Crippen molar-refractivity contribution in [3.05, 3.63) is 83.4 Å². The van der Waals surface area contributed by atoms with Crippen molar-refractivity contribution in [1.29, 1.82) is 0 Å². The zero-order chi connectivity index (χ0) is 34.7. The number of aromatic nitrogens is 2. The van der Waals surface area contributed by atoms with Crippen molar-refractivity contribution in [2.45, 2.75) is 49.5 Å². The summed E-state index contributed by atoms with van der Waals surface area (Å²) < 4.78 is 70.6. The number of ketones is 1. The van der Waals surface area contributed by atoms with E-state index in [1.165, 1.54) is 36.1 Å². The van der Waals surface area contributed by atoms with E-state index in [4.69, 9.17) is 9.47 Å². The van der Waals surface area contributed by atoms with E-state index in [0.29, 0.717) is 16.7 Å². The third-order valence-corrected chi connectivity index (χ3v) is 9.12. The minimum atomic E-state index is -5.38. The van der Waals surface area contributed by atoms with Gasteiger partial charge in [0.05, 0.1) is 24.9 Å². The third kappa shape index (κ3) is 5.83. The molecular formula is C35H30F4N4O6. The monoisotopic (exact) mass is 678 g/mol. The van der Waals surface area contributed by atoms with Crippen LogP contribution in [-0.4, -0.2) is 76.1 Å². The molecule has 10 nitrogen and oxygen atoms in total. The van der Waals surface area contributed by atoms with Gasteiger partial charge in [-0.3, -0.25) is 19.4 Å². The van der Waals surface area contributed by atoms with Gasteiger partial charge in [-0.05, 0) is 68.3 Å². The number of hydrogen-bond donors (Lipinski definition) is 2. The lowest BCUT2D eigenvalue weighted by Gasteiger charge is -2.32. The molecule has 254 valence electrons. The Hall–Kier alpha value is -5.11. The largest absolute Gasteiger partial charge is 0.489 e. The number of aliphatic hydroxyl groups is 1. The first-order valence-corrected chi connectivity index (χ1v) is 15.7. The van der Waals surface area contributed by atoms with Gasteiger partial charge in [0.1, 0.15) is 40.5 Å². The molecule has 2 aromatic heterocycles. The van der Waals surface area contributed by atoms with Crippen molar-refractivity contribution in [2.75, 3.05) is 26.2 Å². The van der Waals surface area contributed by atoms with Crippen LogP contribution in [0, 0.1) is 5.82 Å². The molecule has 2 fully saturated rings. The smallest absolute Gasteiger partial charge is 0.424 e. The van der Waals surface area contributed by atoms with Gasteiger partial charge in [-0.15, -0.1) is 0 Å². The number of amides is 2. The van der Waals surface area contributed by atoms with Crippen LogP contribution in [0.25, 0.3) is 22.2 Å². The molecule has 14 heteroatoms. The number of nitrogens with one attached hydrogen (secondary N) is 1. The van der Waals surface area contributed by atoms with E-state index in [1.807, 2.05) is 0 Å². The van der Waals surface area contributed by atoms with E-state index >= 15 is 0 Å². The average Bonchev–Trinajstić information content (AvgIpc) is 3.69. The fraction of sp³-hybridized carbons (Fsp3) is 0.343. The number of Topliss-reactive ketones (excluding diaryl/α,β-unsaturated/α-hetero) is 1. The van der Waals surface area contributed by atoms with Gasteiger partial charge in [0.2, 0.25) is 11.5 Å². The maximum atomic E-state index is 15.0. The van der Waals surface area contributed by atoms with Gasteiger partial charge in [-0.2, -0.15) is 13.2 Å². The molecule has 0 bridgehead atoms. The number of halogens is 4. The van der Waals surface area contributed by atoms with Crippen LogP contribution in [0.3, 0.4) is 0 Å². The first-order chi connectivity index (χ1) is 23.3. The van der Waals surface area contributed by atoms with E-state index in [-0.39, 0.29) is 66.1 Å². The van der Waals surface area contributed by atoms with E-state index in [2.05, 4.69) is 15.3 Å². The highest BCUT2D eigenvalue weighted by Crippen LogP contribution is 2.48. The van der Waals surface area contributed by atoms with Crippen LogP contribution in [0.1, 0.15) is 47.8 Å². The molecule has 0 radical (unpaired) electrons. The maximum absolute atomic E-state index is 15.0. The zero-order valence-electron chi connectivity index (χ0n) is 26.1. The summed E-state index contributed by atoms with van der Waals surface area (Å²) in [6, 6.07) is 11.9. The quantitative estimate of drug-likeness (QED) is 0.259. The molecule has 0 unspecified atom stereocenters. The number of likely N-dealkylation sites (tertiary alicyclic amines) is 1. The molecule has 1 aliphatic carbocycles. The van der Waals surface area contributed by atoms with E-state index < -0.39 is 47.1 Å². The normalized spacial score (nSPS) is 20.1. The van der Waals surface area contributed by atoms with Crippen molar-refractivity contribution in [1.82, 2.24) is 20.2 Å². The first kappa shape index (κ1) is 32.4. The second-order valence-electron chi connectivity index (χ2n) is 12.8. The Kier molecular flexibility index (Phi) is 7.81. The lowest BCUT2D eigenvalue weighted by Crippen LogP contribution is -2.52. The topological polar surface area (TPSA) is 131 Å². The average molecular weight is 679 g/mol. The molecule has 2 amide bonds. The van der Waals surface area contributed by atoms with Gasteiger partial charge in [0.25, 0.3) is 5.91 Å². The van der Waals surface area contributed by atoms with Gasteiger partial charge in [0.15, 0.2) is 5.78 Å². The van der Waals surface area contributed by atoms with Crippen LogP contribution in [-0.2, 0) is 20.6 Å².